The molecule has 2 fully saturated rings. The highest BCUT2D eigenvalue weighted by Gasteiger charge is 2.25. The lowest BCUT2D eigenvalue weighted by Crippen LogP contribution is -2.47. The average Bonchev–Trinajstić information content (AvgIpc) is 3.15. The first-order valence-electron chi connectivity index (χ1n) is 11.2. The Labute approximate surface area is 179 Å². The minimum absolute atomic E-state index is 0.0138. The summed E-state index contributed by atoms with van der Waals surface area (Å²) in [6, 6.07) is 7.85. The van der Waals surface area contributed by atoms with Gasteiger partial charge in [-0.25, -0.2) is 4.79 Å². The topological polar surface area (TPSA) is 81.8 Å². The van der Waals surface area contributed by atoms with Crippen molar-refractivity contribution in [3.8, 4) is 0 Å². The molecule has 0 saturated carbocycles. The average molecular weight is 415 g/mol. The summed E-state index contributed by atoms with van der Waals surface area (Å²) in [7, 11) is 0. The van der Waals surface area contributed by atoms with Crippen LogP contribution in [0.1, 0.15) is 67.8 Å². The summed E-state index contributed by atoms with van der Waals surface area (Å²) in [5, 5.41) is 5.93. The summed E-state index contributed by atoms with van der Waals surface area (Å²) >= 11 is 0. The molecule has 0 aromatic heterocycles. The number of carbonyl (C=O) groups is 3. The van der Waals surface area contributed by atoms with Gasteiger partial charge in [0.2, 0.25) is 5.91 Å². The van der Waals surface area contributed by atoms with Crippen molar-refractivity contribution in [3.05, 3.63) is 35.4 Å². The Morgan fingerprint density at radius 3 is 2.77 bits per heavy atom. The Hall–Kier alpha value is -2.57. The zero-order chi connectivity index (χ0) is 21.5. The Morgan fingerprint density at radius 1 is 1.20 bits per heavy atom. The van der Waals surface area contributed by atoms with Crippen LogP contribution in [0.25, 0.3) is 0 Å². The summed E-state index contributed by atoms with van der Waals surface area (Å²) in [5.74, 6) is 0.373. The SMILES string of the molecule is CC(C)NC(=O)N1CCC[C@H](c2cccc(C(=O)NCCCN3CCCC3=O)c2)C1. The van der Waals surface area contributed by atoms with E-state index in [2.05, 4.69) is 10.6 Å². The fraction of sp³-hybridized carbons (Fsp3) is 0.609. The molecular formula is C23H34N4O3. The predicted molar refractivity (Wildman–Crippen MR) is 116 cm³/mol. The van der Waals surface area contributed by atoms with Crippen LogP contribution in [0.15, 0.2) is 24.3 Å². The highest BCUT2D eigenvalue weighted by Crippen LogP contribution is 2.27. The van der Waals surface area contributed by atoms with E-state index in [1.165, 1.54) is 0 Å². The number of amides is 4. The van der Waals surface area contributed by atoms with E-state index in [1.807, 2.05) is 47.9 Å². The number of nitrogens with zero attached hydrogens (tertiary/aromatic N) is 2. The molecular weight excluding hydrogens is 380 g/mol. The van der Waals surface area contributed by atoms with Gasteiger partial charge in [0.25, 0.3) is 5.91 Å². The van der Waals surface area contributed by atoms with E-state index >= 15 is 0 Å². The van der Waals surface area contributed by atoms with Crippen LogP contribution in [-0.4, -0.2) is 66.4 Å². The monoisotopic (exact) mass is 414 g/mol. The largest absolute Gasteiger partial charge is 0.352 e. The summed E-state index contributed by atoms with van der Waals surface area (Å²) in [6.45, 7) is 7.47. The molecule has 2 saturated heterocycles. The van der Waals surface area contributed by atoms with Crippen molar-refractivity contribution < 1.29 is 14.4 Å². The standard InChI is InChI=1S/C23H34N4O3/c1-17(2)25-23(30)27-13-4-9-20(16-27)18-7-3-8-19(15-18)22(29)24-11-6-14-26-12-5-10-21(26)28/h3,7-8,15,17,20H,4-6,9-14,16H2,1-2H3,(H,24,29)(H,25,30)/t20-/m0/s1. The lowest BCUT2D eigenvalue weighted by molar-refractivity contribution is -0.127. The van der Waals surface area contributed by atoms with Gasteiger partial charge in [0.1, 0.15) is 0 Å². The van der Waals surface area contributed by atoms with Crippen molar-refractivity contribution in [2.24, 2.45) is 0 Å². The van der Waals surface area contributed by atoms with Crippen LogP contribution in [0.2, 0.25) is 0 Å². The molecule has 4 amide bonds. The van der Waals surface area contributed by atoms with Crippen molar-refractivity contribution in [3.63, 3.8) is 0 Å². The predicted octanol–water partition coefficient (Wildman–Crippen LogP) is 2.73. The van der Waals surface area contributed by atoms with Crippen LogP contribution in [0.4, 0.5) is 4.79 Å². The quantitative estimate of drug-likeness (QED) is 0.673. The number of hydrogen-bond acceptors (Lipinski definition) is 3. The second kappa shape index (κ2) is 10.5. The van der Waals surface area contributed by atoms with Gasteiger partial charge in [-0.1, -0.05) is 12.1 Å². The molecule has 0 radical (unpaired) electrons. The summed E-state index contributed by atoms with van der Waals surface area (Å²) in [6.07, 6.45) is 4.33. The van der Waals surface area contributed by atoms with E-state index in [1.54, 1.807) is 0 Å². The molecule has 2 heterocycles. The molecule has 0 aliphatic carbocycles. The van der Waals surface area contributed by atoms with Crippen LogP contribution in [0.3, 0.4) is 0 Å². The Morgan fingerprint density at radius 2 is 2.03 bits per heavy atom. The van der Waals surface area contributed by atoms with E-state index < -0.39 is 0 Å². The van der Waals surface area contributed by atoms with Gasteiger partial charge < -0.3 is 20.4 Å². The molecule has 7 nitrogen and oxygen atoms in total. The van der Waals surface area contributed by atoms with Gasteiger partial charge in [-0.05, 0) is 57.2 Å². The van der Waals surface area contributed by atoms with Crippen molar-refractivity contribution in [1.29, 1.82) is 0 Å². The molecule has 0 unspecified atom stereocenters. The number of hydrogen-bond donors (Lipinski definition) is 2. The minimum atomic E-state index is -0.0881. The molecule has 30 heavy (non-hydrogen) atoms. The molecule has 2 aliphatic rings. The molecule has 0 spiro atoms. The first-order chi connectivity index (χ1) is 14.4. The number of likely N-dealkylation sites (tertiary alicyclic amines) is 2. The van der Waals surface area contributed by atoms with Gasteiger partial charge in [-0.3, -0.25) is 9.59 Å². The first-order valence-corrected chi connectivity index (χ1v) is 11.2. The van der Waals surface area contributed by atoms with E-state index in [-0.39, 0.29) is 29.8 Å². The summed E-state index contributed by atoms with van der Waals surface area (Å²) in [4.78, 5) is 40.3. The lowest BCUT2D eigenvalue weighted by atomic mass is 9.89. The third-order valence-corrected chi connectivity index (χ3v) is 5.80. The minimum Gasteiger partial charge on any atom is -0.352 e. The van der Waals surface area contributed by atoms with E-state index in [0.29, 0.717) is 31.6 Å². The molecule has 1 atom stereocenters. The van der Waals surface area contributed by atoms with Crippen molar-refractivity contribution in [2.75, 3.05) is 32.7 Å². The molecule has 7 heteroatoms. The van der Waals surface area contributed by atoms with E-state index in [4.69, 9.17) is 0 Å². The fourth-order valence-electron chi connectivity index (χ4n) is 4.22. The number of piperidine rings is 1. The summed E-state index contributed by atoms with van der Waals surface area (Å²) in [5.41, 5.74) is 1.75. The van der Waals surface area contributed by atoms with Crippen LogP contribution in [0, 0.1) is 0 Å². The normalized spacial score (nSPS) is 19.3. The number of benzene rings is 1. The molecule has 3 rings (SSSR count). The third-order valence-electron chi connectivity index (χ3n) is 5.80. The molecule has 2 N–H and O–H groups in total. The maximum Gasteiger partial charge on any atom is 0.317 e. The number of nitrogens with one attached hydrogen (secondary N) is 2. The second-order valence-electron chi connectivity index (χ2n) is 8.61. The third kappa shape index (κ3) is 5.97. The Kier molecular flexibility index (Phi) is 7.71. The fourth-order valence-corrected chi connectivity index (χ4v) is 4.22. The van der Waals surface area contributed by atoms with Crippen LogP contribution >= 0.6 is 0 Å². The lowest BCUT2D eigenvalue weighted by Gasteiger charge is -2.33. The van der Waals surface area contributed by atoms with Gasteiger partial charge >= 0.3 is 6.03 Å². The van der Waals surface area contributed by atoms with Crippen LogP contribution in [-0.2, 0) is 4.79 Å². The second-order valence-corrected chi connectivity index (χ2v) is 8.61. The van der Waals surface area contributed by atoms with E-state index in [9.17, 15) is 14.4 Å². The van der Waals surface area contributed by atoms with Gasteiger partial charge in [0, 0.05) is 56.7 Å². The van der Waals surface area contributed by atoms with Crippen molar-refractivity contribution >= 4 is 17.8 Å². The van der Waals surface area contributed by atoms with Crippen molar-refractivity contribution in [1.82, 2.24) is 20.4 Å². The van der Waals surface area contributed by atoms with Gasteiger partial charge in [0.15, 0.2) is 0 Å². The number of rotatable bonds is 7. The highest BCUT2D eigenvalue weighted by atomic mass is 16.2. The Bertz CT molecular complexity index is 765. The van der Waals surface area contributed by atoms with Crippen LogP contribution in [0.5, 0.6) is 0 Å². The maximum absolute atomic E-state index is 12.6. The van der Waals surface area contributed by atoms with E-state index in [0.717, 1.165) is 44.3 Å². The molecule has 1 aromatic carbocycles. The van der Waals surface area contributed by atoms with Gasteiger partial charge in [-0.2, -0.15) is 0 Å². The summed E-state index contributed by atoms with van der Waals surface area (Å²) < 4.78 is 0. The van der Waals surface area contributed by atoms with Gasteiger partial charge in [-0.15, -0.1) is 0 Å². The maximum atomic E-state index is 12.6. The first kappa shape index (κ1) is 22.1. The molecule has 164 valence electrons. The van der Waals surface area contributed by atoms with Gasteiger partial charge in [0.05, 0.1) is 0 Å². The number of urea groups is 1. The zero-order valence-corrected chi connectivity index (χ0v) is 18.2. The zero-order valence-electron chi connectivity index (χ0n) is 18.2. The number of carbonyl (C=O) groups excluding carboxylic acids is 3. The van der Waals surface area contributed by atoms with Crippen LogP contribution < -0.4 is 10.6 Å². The molecule has 2 aliphatic heterocycles. The smallest absolute Gasteiger partial charge is 0.317 e. The molecule has 0 bridgehead atoms. The molecule has 1 aromatic rings. The Balaban J connectivity index is 1.51. The van der Waals surface area contributed by atoms with Crippen molar-refractivity contribution in [2.45, 2.75) is 57.9 Å². The highest BCUT2D eigenvalue weighted by molar-refractivity contribution is 5.94.